The second-order valence-corrected chi connectivity index (χ2v) is 9.36. The maximum absolute atomic E-state index is 6.21. The van der Waals surface area contributed by atoms with Gasteiger partial charge >= 0.3 is 0 Å². The standard InChI is InChI=1S/C34H20O/c1-2-5-21(6-3-1)25-13-17-31-29(19-25)30-20-26(14-18-32(30)35-31)27-15-11-24-10-9-22-7-4-8-23-12-16-28(27)34(24)33(22)23/h1-20H. The summed E-state index contributed by atoms with van der Waals surface area (Å²) in [6.07, 6.45) is 0. The van der Waals surface area contributed by atoms with Gasteiger partial charge in [0.1, 0.15) is 11.2 Å². The first-order valence-corrected chi connectivity index (χ1v) is 12.0. The number of furan rings is 1. The highest BCUT2D eigenvalue weighted by Crippen LogP contribution is 2.41. The fourth-order valence-corrected chi connectivity index (χ4v) is 5.74. The van der Waals surface area contributed by atoms with Crippen LogP contribution in [0.3, 0.4) is 0 Å². The molecule has 1 aromatic heterocycles. The van der Waals surface area contributed by atoms with E-state index in [-0.39, 0.29) is 0 Å². The minimum absolute atomic E-state index is 0.923. The Kier molecular flexibility index (Phi) is 3.72. The lowest BCUT2D eigenvalue weighted by Crippen LogP contribution is -1.87. The van der Waals surface area contributed by atoms with Crippen LogP contribution in [0.15, 0.2) is 126 Å². The van der Waals surface area contributed by atoms with E-state index in [2.05, 4.69) is 121 Å². The summed E-state index contributed by atoms with van der Waals surface area (Å²) in [4.78, 5) is 0. The lowest BCUT2D eigenvalue weighted by Gasteiger charge is -2.14. The molecule has 1 heterocycles. The third-order valence-electron chi connectivity index (χ3n) is 7.42. The fourth-order valence-electron chi connectivity index (χ4n) is 5.74. The van der Waals surface area contributed by atoms with Gasteiger partial charge in [0.05, 0.1) is 0 Å². The molecule has 0 saturated heterocycles. The number of rotatable bonds is 2. The molecule has 0 amide bonds. The monoisotopic (exact) mass is 444 g/mol. The molecule has 0 unspecified atom stereocenters. The predicted octanol–water partition coefficient (Wildman–Crippen LogP) is 9.82. The minimum atomic E-state index is 0.923. The summed E-state index contributed by atoms with van der Waals surface area (Å²) in [6.45, 7) is 0. The van der Waals surface area contributed by atoms with Crippen LogP contribution in [0.5, 0.6) is 0 Å². The van der Waals surface area contributed by atoms with Gasteiger partial charge in [0, 0.05) is 10.8 Å². The summed E-state index contributed by atoms with van der Waals surface area (Å²) in [6, 6.07) is 43.7. The molecule has 0 atom stereocenters. The molecule has 0 radical (unpaired) electrons. The van der Waals surface area contributed by atoms with Crippen molar-refractivity contribution in [1.82, 2.24) is 0 Å². The van der Waals surface area contributed by atoms with Crippen molar-refractivity contribution in [3.63, 3.8) is 0 Å². The Morgan fingerprint density at radius 3 is 1.77 bits per heavy atom. The zero-order valence-electron chi connectivity index (χ0n) is 19.0. The first-order chi connectivity index (χ1) is 17.3. The van der Waals surface area contributed by atoms with Crippen molar-refractivity contribution in [3.05, 3.63) is 121 Å². The van der Waals surface area contributed by atoms with Gasteiger partial charge in [0.25, 0.3) is 0 Å². The highest BCUT2D eigenvalue weighted by atomic mass is 16.3. The van der Waals surface area contributed by atoms with Crippen molar-refractivity contribution in [2.45, 2.75) is 0 Å². The molecule has 0 bridgehead atoms. The van der Waals surface area contributed by atoms with Crippen LogP contribution < -0.4 is 0 Å². The van der Waals surface area contributed by atoms with Crippen molar-refractivity contribution >= 4 is 54.3 Å². The van der Waals surface area contributed by atoms with Crippen molar-refractivity contribution in [3.8, 4) is 22.3 Å². The fraction of sp³-hybridized carbons (Fsp3) is 0. The zero-order valence-corrected chi connectivity index (χ0v) is 19.0. The first kappa shape index (κ1) is 18.8. The highest BCUT2D eigenvalue weighted by molar-refractivity contribution is 6.25. The van der Waals surface area contributed by atoms with Gasteiger partial charge in [0.15, 0.2) is 0 Å². The zero-order chi connectivity index (χ0) is 22.9. The van der Waals surface area contributed by atoms with Crippen LogP contribution >= 0.6 is 0 Å². The van der Waals surface area contributed by atoms with Crippen molar-refractivity contribution in [2.24, 2.45) is 0 Å². The average Bonchev–Trinajstić information content (AvgIpc) is 3.29. The average molecular weight is 445 g/mol. The van der Waals surface area contributed by atoms with E-state index in [1.807, 2.05) is 0 Å². The van der Waals surface area contributed by atoms with Gasteiger partial charge in [-0.1, -0.05) is 97.1 Å². The van der Waals surface area contributed by atoms with Gasteiger partial charge in [-0.25, -0.2) is 0 Å². The van der Waals surface area contributed by atoms with Gasteiger partial charge in [-0.15, -0.1) is 0 Å². The quantitative estimate of drug-likeness (QED) is 0.242. The Balaban J connectivity index is 1.39. The Bertz CT molecular complexity index is 2030. The van der Waals surface area contributed by atoms with Gasteiger partial charge in [-0.2, -0.15) is 0 Å². The Morgan fingerprint density at radius 1 is 0.371 bits per heavy atom. The van der Waals surface area contributed by atoms with Crippen LogP contribution in [0.4, 0.5) is 0 Å². The Hall–Kier alpha value is -4.62. The highest BCUT2D eigenvalue weighted by Gasteiger charge is 2.14. The SMILES string of the molecule is c1ccc(-c2ccc3oc4ccc(-c5ccc6ccc7cccc8ccc5c6c78)cc4c3c2)cc1. The number of hydrogen-bond acceptors (Lipinski definition) is 1. The summed E-state index contributed by atoms with van der Waals surface area (Å²) in [5.41, 5.74) is 6.73. The molecule has 1 nitrogen and oxygen atoms in total. The summed E-state index contributed by atoms with van der Waals surface area (Å²) in [5, 5.41) is 10.2. The maximum Gasteiger partial charge on any atom is 0.135 e. The Labute approximate surface area is 202 Å². The largest absolute Gasteiger partial charge is 0.456 e. The van der Waals surface area contributed by atoms with Crippen LogP contribution in [-0.4, -0.2) is 0 Å². The molecule has 0 fully saturated rings. The van der Waals surface area contributed by atoms with E-state index in [1.165, 1.54) is 54.6 Å². The van der Waals surface area contributed by atoms with E-state index >= 15 is 0 Å². The van der Waals surface area contributed by atoms with Crippen molar-refractivity contribution in [2.75, 3.05) is 0 Å². The molecular formula is C34H20O. The molecule has 7 aromatic carbocycles. The topological polar surface area (TPSA) is 13.1 Å². The van der Waals surface area contributed by atoms with E-state index in [1.54, 1.807) is 0 Å². The van der Waals surface area contributed by atoms with Crippen molar-refractivity contribution < 1.29 is 4.42 Å². The van der Waals surface area contributed by atoms with Crippen LogP contribution in [0.1, 0.15) is 0 Å². The van der Waals surface area contributed by atoms with E-state index in [4.69, 9.17) is 4.42 Å². The summed E-state index contributed by atoms with van der Waals surface area (Å²) in [7, 11) is 0. The molecule has 0 spiro atoms. The van der Waals surface area contributed by atoms with E-state index in [0.29, 0.717) is 0 Å². The van der Waals surface area contributed by atoms with Gasteiger partial charge in [-0.05, 0) is 78.8 Å². The third kappa shape index (κ3) is 2.70. The lowest BCUT2D eigenvalue weighted by atomic mass is 9.89. The van der Waals surface area contributed by atoms with Gasteiger partial charge in [0.2, 0.25) is 0 Å². The molecule has 162 valence electrons. The normalized spacial score (nSPS) is 12.0. The summed E-state index contributed by atoms with van der Waals surface area (Å²) >= 11 is 0. The van der Waals surface area contributed by atoms with Crippen LogP contribution in [0, 0.1) is 0 Å². The summed E-state index contributed by atoms with van der Waals surface area (Å²) in [5.74, 6) is 0. The van der Waals surface area contributed by atoms with E-state index in [0.717, 1.165) is 21.9 Å². The molecule has 0 aliphatic heterocycles. The minimum Gasteiger partial charge on any atom is -0.456 e. The molecular weight excluding hydrogens is 424 g/mol. The van der Waals surface area contributed by atoms with Crippen molar-refractivity contribution in [1.29, 1.82) is 0 Å². The van der Waals surface area contributed by atoms with E-state index in [9.17, 15) is 0 Å². The predicted molar refractivity (Wildman–Crippen MR) is 148 cm³/mol. The molecule has 35 heavy (non-hydrogen) atoms. The molecule has 8 rings (SSSR count). The third-order valence-corrected chi connectivity index (χ3v) is 7.42. The molecule has 0 saturated carbocycles. The molecule has 0 aliphatic rings. The second-order valence-electron chi connectivity index (χ2n) is 9.36. The van der Waals surface area contributed by atoms with Crippen LogP contribution in [-0.2, 0) is 0 Å². The molecule has 0 N–H and O–H groups in total. The van der Waals surface area contributed by atoms with E-state index < -0.39 is 0 Å². The molecule has 1 heteroatoms. The summed E-state index contributed by atoms with van der Waals surface area (Å²) < 4.78 is 6.21. The second kappa shape index (κ2) is 6.94. The first-order valence-electron chi connectivity index (χ1n) is 12.0. The molecule has 0 aliphatic carbocycles. The smallest absolute Gasteiger partial charge is 0.135 e. The van der Waals surface area contributed by atoms with Gasteiger partial charge in [-0.3, -0.25) is 0 Å². The number of hydrogen-bond donors (Lipinski definition) is 0. The van der Waals surface area contributed by atoms with Crippen LogP contribution in [0.2, 0.25) is 0 Å². The number of benzene rings is 7. The van der Waals surface area contributed by atoms with Gasteiger partial charge < -0.3 is 4.42 Å². The van der Waals surface area contributed by atoms with Crippen LogP contribution in [0.25, 0.3) is 76.5 Å². The molecule has 8 aromatic rings. The Morgan fingerprint density at radius 2 is 1.00 bits per heavy atom. The number of fused-ring (bicyclic) bond motifs is 3. The lowest BCUT2D eigenvalue weighted by molar-refractivity contribution is 0.669. The maximum atomic E-state index is 6.21.